The van der Waals surface area contributed by atoms with Gasteiger partial charge in [-0.3, -0.25) is 4.79 Å². The summed E-state index contributed by atoms with van der Waals surface area (Å²) >= 11 is 0. The Bertz CT molecular complexity index is 948. The number of nitrogens with one attached hydrogen (secondary N) is 1. The molecule has 0 aromatic rings. The predicted molar refractivity (Wildman–Crippen MR) is 227 cm³/mol. The molecule has 7 N–H and O–H groups in total. The van der Waals surface area contributed by atoms with Crippen molar-refractivity contribution in [1.82, 2.24) is 5.32 Å². The molecule has 330 valence electrons. The summed E-state index contributed by atoms with van der Waals surface area (Å²) in [6, 6.07) is -0.992. The molecule has 1 heterocycles. The Balaban J connectivity index is 2.41. The third-order valence-electron chi connectivity index (χ3n) is 11.1. The zero-order chi connectivity index (χ0) is 41.1. The molecule has 1 aliphatic rings. The molecule has 1 rings (SSSR count). The van der Waals surface area contributed by atoms with Crippen LogP contribution >= 0.6 is 0 Å². The first-order chi connectivity index (χ1) is 27.3. The van der Waals surface area contributed by atoms with Gasteiger partial charge in [0.05, 0.1) is 25.4 Å². The third-order valence-corrected chi connectivity index (χ3v) is 11.1. The largest absolute Gasteiger partial charge is 0.394 e. The molecular weight excluding hydrogens is 711 g/mol. The molecule has 0 aliphatic carbocycles. The van der Waals surface area contributed by atoms with Crippen molar-refractivity contribution in [3.8, 4) is 0 Å². The summed E-state index contributed by atoms with van der Waals surface area (Å²) in [4.78, 5) is 13.0. The quantitative estimate of drug-likeness (QED) is 0.0239. The van der Waals surface area contributed by atoms with Gasteiger partial charge in [-0.2, -0.15) is 0 Å². The molecule has 0 radical (unpaired) electrons. The van der Waals surface area contributed by atoms with E-state index in [0.29, 0.717) is 19.3 Å². The number of unbranched alkanes of at least 4 members (excludes halogenated alkanes) is 25. The van der Waals surface area contributed by atoms with Gasteiger partial charge in [-0.15, -0.1) is 0 Å². The van der Waals surface area contributed by atoms with Gasteiger partial charge in [0.25, 0.3) is 0 Å². The Morgan fingerprint density at radius 2 is 1.05 bits per heavy atom. The molecule has 1 saturated heterocycles. The van der Waals surface area contributed by atoms with E-state index in [1.54, 1.807) is 6.08 Å². The molecule has 1 fully saturated rings. The summed E-state index contributed by atoms with van der Waals surface area (Å²) in [5, 5.41) is 64.6. The van der Waals surface area contributed by atoms with E-state index in [1.165, 1.54) is 135 Å². The highest BCUT2D eigenvalue weighted by Gasteiger charge is 2.44. The number of aliphatic hydroxyl groups excluding tert-OH is 6. The van der Waals surface area contributed by atoms with Gasteiger partial charge in [0.2, 0.25) is 5.91 Å². The minimum atomic E-state index is -1.61. The summed E-state index contributed by atoms with van der Waals surface area (Å²) < 4.78 is 11.1. The molecule has 0 saturated carbocycles. The van der Waals surface area contributed by atoms with Crippen molar-refractivity contribution in [3.63, 3.8) is 0 Å². The van der Waals surface area contributed by atoms with E-state index in [-0.39, 0.29) is 6.61 Å². The minimum absolute atomic E-state index is 0.308. The lowest BCUT2D eigenvalue weighted by molar-refractivity contribution is -0.302. The molecule has 1 aliphatic heterocycles. The van der Waals surface area contributed by atoms with Gasteiger partial charge < -0.3 is 45.4 Å². The lowest BCUT2D eigenvalue weighted by Crippen LogP contribution is -2.60. The van der Waals surface area contributed by atoms with E-state index >= 15 is 0 Å². The number of aliphatic hydroxyl groups is 6. The average molecular weight is 798 g/mol. The van der Waals surface area contributed by atoms with Crippen molar-refractivity contribution in [2.24, 2.45) is 0 Å². The van der Waals surface area contributed by atoms with Crippen molar-refractivity contribution in [2.75, 3.05) is 13.2 Å². The van der Waals surface area contributed by atoms with E-state index in [9.17, 15) is 35.4 Å². The first-order valence-corrected chi connectivity index (χ1v) is 23.2. The molecule has 0 spiro atoms. The van der Waals surface area contributed by atoms with Crippen LogP contribution < -0.4 is 5.32 Å². The zero-order valence-electron chi connectivity index (χ0n) is 35.8. The maximum Gasteiger partial charge on any atom is 0.249 e. The van der Waals surface area contributed by atoms with E-state index in [2.05, 4.69) is 31.3 Å². The van der Waals surface area contributed by atoms with E-state index < -0.39 is 61.5 Å². The van der Waals surface area contributed by atoms with Crippen LogP contribution in [-0.4, -0.2) is 98.7 Å². The normalized spacial score (nSPS) is 21.9. The van der Waals surface area contributed by atoms with Crippen molar-refractivity contribution >= 4 is 5.91 Å². The van der Waals surface area contributed by atoms with E-state index in [4.69, 9.17) is 9.47 Å². The van der Waals surface area contributed by atoms with Crippen LogP contribution in [0.1, 0.15) is 200 Å². The standard InChI is InChI=1S/C46H87NO9/c1-3-5-7-9-11-13-15-17-18-19-20-21-23-25-27-29-31-33-35-40(50)45(54)47-38(37-55-46-44(53)43(52)42(51)41(36-48)56-46)39(49)34-32-30-28-26-24-22-16-14-12-10-8-6-4-2/h24,26,32,34,38-44,46,48-53H,3-23,25,27-31,33,35-37H2,1-2H3,(H,47,54). The third kappa shape index (κ3) is 26.6. The monoisotopic (exact) mass is 798 g/mol. The second kappa shape index (κ2) is 36.7. The van der Waals surface area contributed by atoms with Crippen LogP contribution in [0.3, 0.4) is 0 Å². The first-order valence-electron chi connectivity index (χ1n) is 23.2. The minimum Gasteiger partial charge on any atom is -0.394 e. The van der Waals surface area contributed by atoms with Crippen LogP contribution in [0.2, 0.25) is 0 Å². The number of ether oxygens (including phenoxy) is 2. The highest BCUT2D eigenvalue weighted by atomic mass is 16.7. The number of allylic oxidation sites excluding steroid dienone is 3. The summed E-state index contributed by atoms with van der Waals surface area (Å²) in [5.74, 6) is -0.625. The maximum absolute atomic E-state index is 13.0. The SMILES string of the molecule is CCCCCCCCCC=CCCC=CC(O)C(COC1OC(CO)C(O)C(O)C1O)NC(=O)C(O)CCCCCCCCCCCCCCCCCCCC. The summed E-state index contributed by atoms with van der Waals surface area (Å²) in [5.41, 5.74) is 0. The fourth-order valence-corrected chi connectivity index (χ4v) is 7.30. The van der Waals surface area contributed by atoms with E-state index in [1.807, 2.05) is 6.08 Å². The zero-order valence-corrected chi connectivity index (χ0v) is 35.8. The highest BCUT2D eigenvalue weighted by Crippen LogP contribution is 2.23. The van der Waals surface area contributed by atoms with Gasteiger partial charge in [0.15, 0.2) is 6.29 Å². The Morgan fingerprint density at radius 1 is 0.607 bits per heavy atom. The smallest absolute Gasteiger partial charge is 0.249 e. The van der Waals surface area contributed by atoms with Gasteiger partial charge in [0.1, 0.15) is 30.5 Å². The van der Waals surface area contributed by atoms with Crippen LogP contribution in [0.4, 0.5) is 0 Å². The van der Waals surface area contributed by atoms with Crippen LogP contribution in [0, 0.1) is 0 Å². The lowest BCUT2D eigenvalue weighted by atomic mass is 9.99. The molecule has 10 heteroatoms. The van der Waals surface area contributed by atoms with Crippen molar-refractivity contribution < 1.29 is 44.9 Å². The summed E-state index contributed by atoms with van der Waals surface area (Å²) in [7, 11) is 0. The van der Waals surface area contributed by atoms with Gasteiger partial charge in [-0.1, -0.05) is 192 Å². The van der Waals surface area contributed by atoms with Gasteiger partial charge in [-0.05, 0) is 32.1 Å². The molecule has 0 aromatic heterocycles. The van der Waals surface area contributed by atoms with Crippen molar-refractivity contribution in [2.45, 2.75) is 249 Å². The number of carbonyl (C=O) groups is 1. The molecule has 1 amide bonds. The molecular formula is C46H87NO9. The molecule has 0 aromatic carbocycles. The Morgan fingerprint density at radius 3 is 1.55 bits per heavy atom. The maximum atomic E-state index is 13.0. The summed E-state index contributed by atoms with van der Waals surface area (Å²) in [6.07, 6.45) is 32.7. The fourth-order valence-electron chi connectivity index (χ4n) is 7.30. The average Bonchev–Trinajstić information content (AvgIpc) is 3.20. The number of rotatable bonds is 38. The first kappa shape index (κ1) is 52.6. The predicted octanol–water partition coefficient (Wildman–Crippen LogP) is 8.47. The summed E-state index contributed by atoms with van der Waals surface area (Å²) in [6.45, 7) is 3.58. The van der Waals surface area contributed by atoms with Gasteiger partial charge in [-0.25, -0.2) is 0 Å². The molecule has 8 unspecified atom stereocenters. The number of carbonyl (C=O) groups excluding carboxylic acids is 1. The molecule has 10 nitrogen and oxygen atoms in total. The van der Waals surface area contributed by atoms with Crippen LogP contribution in [0.25, 0.3) is 0 Å². The highest BCUT2D eigenvalue weighted by molar-refractivity contribution is 5.80. The lowest BCUT2D eigenvalue weighted by Gasteiger charge is -2.40. The number of hydrogen-bond donors (Lipinski definition) is 7. The molecule has 56 heavy (non-hydrogen) atoms. The van der Waals surface area contributed by atoms with Crippen molar-refractivity contribution in [1.29, 1.82) is 0 Å². The van der Waals surface area contributed by atoms with Gasteiger partial charge >= 0.3 is 0 Å². The van der Waals surface area contributed by atoms with Crippen LogP contribution in [-0.2, 0) is 14.3 Å². The van der Waals surface area contributed by atoms with Crippen LogP contribution in [0.5, 0.6) is 0 Å². The van der Waals surface area contributed by atoms with E-state index in [0.717, 1.165) is 32.1 Å². The van der Waals surface area contributed by atoms with Gasteiger partial charge in [0, 0.05) is 0 Å². The Labute approximate surface area is 341 Å². The molecule has 8 atom stereocenters. The van der Waals surface area contributed by atoms with Crippen molar-refractivity contribution in [3.05, 3.63) is 24.3 Å². The number of hydrogen-bond acceptors (Lipinski definition) is 9. The molecule has 0 bridgehead atoms. The second-order valence-electron chi connectivity index (χ2n) is 16.3. The second-order valence-corrected chi connectivity index (χ2v) is 16.3. The topological polar surface area (TPSA) is 169 Å². The fraction of sp³-hybridized carbons (Fsp3) is 0.891. The Kier molecular flexibility index (Phi) is 34.5. The number of amides is 1. The van der Waals surface area contributed by atoms with Crippen LogP contribution in [0.15, 0.2) is 24.3 Å². The Hall–Kier alpha value is -1.37.